The van der Waals surface area contributed by atoms with Gasteiger partial charge in [-0.15, -0.1) is 0 Å². The number of carbonyl (C=O) groups is 4. The van der Waals surface area contributed by atoms with E-state index in [2.05, 4.69) is 10.6 Å². The minimum atomic E-state index is -1.04. The van der Waals surface area contributed by atoms with Gasteiger partial charge < -0.3 is 20.6 Å². The van der Waals surface area contributed by atoms with E-state index < -0.39 is 36.0 Å². The lowest BCUT2D eigenvalue weighted by Gasteiger charge is -2.39. The monoisotopic (exact) mass is 444 g/mol. The molecule has 2 aliphatic heterocycles. The van der Waals surface area contributed by atoms with Crippen LogP contribution in [0, 0.1) is 11.8 Å². The highest BCUT2D eigenvalue weighted by atomic mass is 16.4. The van der Waals surface area contributed by atoms with Crippen molar-refractivity contribution in [2.45, 2.75) is 65.1 Å². The molecular weight excluding hydrogens is 412 g/mol. The zero-order valence-electron chi connectivity index (χ0n) is 19.0. The summed E-state index contributed by atoms with van der Waals surface area (Å²) in [5, 5.41) is 15.2. The third-order valence-corrected chi connectivity index (χ3v) is 5.94. The van der Waals surface area contributed by atoms with Gasteiger partial charge in [0.25, 0.3) is 0 Å². The molecule has 0 aliphatic carbocycles. The van der Waals surface area contributed by atoms with E-state index in [1.165, 1.54) is 9.80 Å². The van der Waals surface area contributed by atoms with Gasteiger partial charge in [0.2, 0.25) is 11.8 Å². The number of likely N-dealkylation sites (tertiary alicyclic amines) is 1. The van der Waals surface area contributed by atoms with E-state index in [4.69, 9.17) is 0 Å². The smallest absolute Gasteiger partial charge is 0.326 e. The van der Waals surface area contributed by atoms with Crippen molar-refractivity contribution in [1.29, 1.82) is 0 Å². The summed E-state index contributed by atoms with van der Waals surface area (Å²) in [6.45, 7) is 7.94. The number of hydrogen-bond donors (Lipinski definition) is 3. The van der Waals surface area contributed by atoms with E-state index in [0.717, 1.165) is 0 Å². The van der Waals surface area contributed by atoms with Gasteiger partial charge in [-0.05, 0) is 43.2 Å². The Morgan fingerprint density at radius 1 is 1.19 bits per heavy atom. The van der Waals surface area contributed by atoms with Crippen molar-refractivity contribution in [3.8, 4) is 0 Å². The number of nitrogens with one attached hydrogen (secondary N) is 2. The van der Waals surface area contributed by atoms with Crippen LogP contribution in [0.2, 0.25) is 0 Å². The standard InChI is InChI=1S/C23H32N4O5/c1-13(2)12-16(21(29)26-11-7-10-18(26)22(30)31)25-23(32)27-17-9-6-5-8-15(17)24-20(28)19(27)14(3)4/h5-6,8-9,13-14,16,18-19H,7,10-12H2,1-4H3,(H,24,28)(H,25,32)(H,30,31)/t16-,18+,19+/m0/s1. The molecule has 4 amide bonds. The number of fused-ring (bicyclic) bond motifs is 1. The molecule has 0 spiro atoms. The number of amides is 4. The summed E-state index contributed by atoms with van der Waals surface area (Å²) in [6, 6.07) is 3.99. The lowest BCUT2D eigenvalue weighted by atomic mass is 9.97. The Balaban J connectivity index is 1.90. The Hall–Kier alpha value is -3.10. The first-order valence-corrected chi connectivity index (χ1v) is 11.1. The molecule has 0 unspecified atom stereocenters. The molecule has 0 radical (unpaired) electrons. The first kappa shape index (κ1) is 23.6. The number of aliphatic carboxylic acids is 1. The second kappa shape index (κ2) is 9.58. The highest BCUT2D eigenvalue weighted by Gasteiger charge is 2.42. The molecule has 2 heterocycles. The largest absolute Gasteiger partial charge is 0.480 e. The predicted molar refractivity (Wildman–Crippen MR) is 120 cm³/mol. The Morgan fingerprint density at radius 2 is 1.88 bits per heavy atom. The van der Waals surface area contributed by atoms with Crippen LogP contribution in [-0.2, 0) is 14.4 Å². The SMILES string of the molecule is CC(C)C[C@H](NC(=O)N1c2ccccc2NC(=O)[C@H]1C(C)C)C(=O)N1CCC[C@@H]1C(=O)O. The number of hydrogen-bond acceptors (Lipinski definition) is 4. The van der Waals surface area contributed by atoms with Crippen molar-refractivity contribution in [3.63, 3.8) is 0 Å². The van der Waals surface area contributed by atoms with Crippen LogP contribution in [0.15, 0.2) is 24.3 Å². The number of rotatable bonds is 6. The Labute approximate surface area is 188 Å². The first-order chi connectivity index (χ1) is 15.1. The van der Waals surface area contributed by atoms with Crippen LogP contribution in [0.1, 0.15) is 47.0 Å². The second-order valence-corrected chi connectivity index (χ2v) is 9.22. The van der Waals surface area contributed by atoms with Crippen molar-refractivity contribution in [3.05, 3.63) is 24.3 Å². The topological polar surface area (TPSA) is 119 Å². The van der Waals surface area contributed by atoms with Crippen LogP contribution in [0.4, 0.5) is 16.2 Å². The zero-order chi connectivity index (χ0) is 23.6. The third kappa shape index (κ3) is 4.71. The van der Waals surface area contributed by atoms with Crippen molar-refractivity contribution >= 4 is 35.2 Å². The van der Waals surface area contributed by atoms with Crippen molar-refractivity contribution in [1.82, 2.24) is 10.2 Å². The molecule has 1 aromatic carbocycles. The minimum absolute atomic E-state index is 0.0907. The number of nitrogens with zero attached hydrogens (tertiary/aromatic N) is 2. The number of benzene rings is 1. The molecule has 9 nitrogen and oxygen atoms in total. The lowest BCUT2D eigenvalue weighted by Crippen LogP contribution is -2.60. The van der Waals surface area contributed by atoms with Gasteiger partial charge in [-0.3, -0.25) is 14.5 Å². The van der Waals surface area contributed by atoms with Crippen LogP contribution < -0.4 is 15.5 Å². The maximum atomic E-state index is 13.5. The number of carboxylic acid groups (broad SMARTS) is 1. The molecule has 32 heavy (non-hydrogen) atoms. The Bertz CT molecular complexity index is 900. The molecule has 174 valence electrons. The molecular formula is C23H32N4O5. The van der Waals surface area contributed by atoms with Gasteiger partial charge >= 0.3 is 12.0 Å². The highest BCUT2D eigenvalue weighted by Crippen LogP contribution is 2.34. The number of carbonyl (C=O) groups excluding carboxylic acids is 3. The fourth-order valence-electron chi connectivity index (χ4n) is 4.50. The van der Waals surface area contributed by atoms with Gasteiger partial charge in [0, 0.05) is 6.54 Å². The van der Waals surface area contributed by atoms with Crippen LogP contribution in [0.3, 0.4) is 0 Å². The maximum Gasteiger partial charge on any atom is 0.326 e. The molecule has 3 atom stereocenters. The molecule has 1 fully saturated rings. The van der Waals surface area contributed by atoms with Crippen molar-refractivity contribution in [2.75, 3.05) is 16.8 Å². The van der Waals surface area contributed by atoms with Gasteiger partial charge in [0.05, 0.1) is 11.4 Å². The van der Waals surface area contributed by atoms with E-state index >= 15 is 0 Å². The van der Waals surface area contributed by atoms with E-state index in [1.807, 2.05) is 27.7 Å². The molecule has 0 saturated carbocycles. The summed E-state index contributed by atoms with van der Waals surface area (Å²) < 4.78 is 0. The van der Waals surface area contributed by atoms with E-state index in [-0.39, 0.29) is 17.7 Å². The number of anilines is 2. The van der Waals surface area contributed by atoms with E-state index in [9.17, 15) is 24.3 Å². The van der Waals surface area contributed by atoms with Crippen LogP contribution >= 0.6 is 0 Å². The van der Waals surface area contributed by atoms with Crippen LogP contribution in [-0.4, -0.2) is 58.5 Å². The Morgan fingerprint density at radius 3 is 2.50 bits per heavy atom. The number of para-hydroxylation sites is 2. The van der Waals surface area contributed by atoms with Crippen LogP contribution in [0.5, 0.6) is 0 Å². The summed E-state index contributed by atoms with van der Waals surface area (Å²) >= 11 is 0. The van der Waals surface area contributed by atoms with Gasteiger partial charge in [-0.25, -0.2) is 9.59 Å². The number of urea groups is 1. The summed E-state index contributed by atoms with van der Waals surface area (Å²) in [6.07, 6.45) is 1.38. The average molecular weight is 445 g/mol. The second-order valence-electron chi connectivity index (χ2n) is 9.22. The normalized spacial score (nSPS) is 21.4. The van der Waals surface area contributed by atoms with Gasteiger partial charge in [-0.1, -0.05) is 39.8 Å². The fourth-order valence-corrected chi connectivity index (χ4v) is 4.50. The van der Waals surface area contributed by atoms with Gasteiger partial charge in [0.1, 0.15) is 18.1 Å². The fraction of sp³-hybridized carbons (Fsp3) is 0.565. The molecule has 9 heteroatoms. The van der Waals surface area contributed by atoms with Gasteiger partial charge in [-0.2, -0.15) is 0 Å². The average Bonchev–Trinajstić information content (AvgIpc) is 3.21. The highest BCUT2D eigenvalue weighted by molar-refractivity contribution is 6.12. The van der Waals surface area contributed by atoms with Crippen molar-refractivity contribution in [2.24, 2.45) is 11.8 Å². The van der Waals surface area contributed by atoms with Gasteiger partial charge in [0.15, 0.2) is 0 Å². The molecule has 1 aromatic rings. The Kier molecular flexibility index (Phi) is 7.06. The summed E-state index contributed by atoms with van der Waals surface area (Å²) in [7, 11) is 0. The zero-order valence-corrected chi connectivity index (χ0v) is 19.0. The van der Waals surface area contributed by atoms with Crippen molar-refractivity contribution < 1.29 is 24.3 Å². The quantitative estimate of drug-likeness (QED) is 0.623. The first-order valence-electron chi connectivity index (χ1n) is 11.1. The molecule has 2 aliphatic rings. The summed E-state index contributed by atoms with van der Waals surface area (Å²) in [5.41, 5.74) is 1.09. The predicted octanol–water partition coefficient (Wildman–Crippen LogP) is 2.67. The molecule has 0 aromatic heterocycles. The summed E-state index contributed by atoms with van der Waals surface area (Å²) in [4.78, 5) is 53.9. The lowest BCUT2D eigenvalue weighted by molar-refractivity contribution is -0.149. The summed E-state index contributed by atoms with van der Waals surface area (Å²) in [5.74, 6) is -1.79. The van der Waals surface area contributed by atoms with E-state index in [0.29, 0.717) is 37.2 Å². The molecule has 3 N–H and O–H groups in total. The molecule has 3 rings (SSSR count). The van der Waals surface area contributed by atoms with Crippen LogP contribution in [0.25, 0.3) is 0 Å². The molecule has 1 saturated heterocycles. The maximum absolute atomic E-state index is 13.5. The minimum Gasteiger partial charge on any atom is -0.480 e. The number of carboxylic acids is 1. The van der Waals surface area contributed by atoms with E-state index in [1.54, 1.807) is 24.3 Å². The molecule has 0 bridgehead atoms. The third-order valence-electron chi connectivity index (χ3n) is 5.94.